The van der Waals surface area contributed by atoms with Crippen LogP contribution in [0.3, 0.4) is 0 Å². The minimum atomic E-state index is -1.20. The first kappa shape index (κ1) is 14.5. The molecule has 1 N–H and O–H groups in total. The average molecular weight is 313 g/mol. The lowest BCUT2D eigenvalue weighted by atomic mass is 10.2. The third kappa shape index (κ3) is 2.46. The molecule has 0 aliphatic heterocycles. The van der Waals surface area contributed by atoms with Gasteiger partial charge in [0.05, 0.1) is 23.2 Å². The van der Waals surface area contributed by atoms with Gasteiger partial charge in [-0.25, -0.2) is 9.48 Å². The van der Waals surface area contributed by atoms with Crippen molar-refractivity contribution in [3.8, 4) is 11.4 Å². The van der Waals surface area contributed by atoms with Crippen molar-refractivity contribution >= 4 is 22.6 Å². The second-order valence-electron chi connectivity index (χ2n) is 4.72. The number of fused-ring (bicyclic) bond motifs is 1. The number of nitrogens with zero attached hydrogens (tertiary/aromatic N) is 3. The minimum absolute atomic E-state index is 0.135. The van der Waals surface area contributed by atoms with Crippen LogP contribution in [0.1, 0.15) is 10.5 Å². The van der Waals surface area contributed by atoms with E-state index in [0.717, 1.165) is 0 Å². The largest absolute Gasteiger partial charge is 0.497 e. The molecule has 8 heteroatoms. The van der Waals surface area contributed by atoms with Gasteiger partial charge in [-0.1, -0.05) is 0 Å². The second-order valence-corrected chi connectivity index (χ2v) is 4.72. The lowest BCUT2D eigenvalue weighted by Gasteiger charge is -2.05. The molecule has 0 saturated carbocycles. The van der Waals surface area contributed by atoms with Crippen molar-refractivity contribution in [2.75, 3.05) is 7.11 Å². The van der Waals surface area contributed by atoms with Gasteiger partial charge in [0.15, 0.2) is 5.69 Å². The Morgan fingerprint density at radius 2 is 1.96 bits per heavy atom. The van der Waals surface area contributed by atoms with Gasteiger partial charge in [-0.2, -0.15) is 5.10 Å². The van der Waals surface area contributed by atoms with E-state index in [1.165, 1.54) is 30.0 Å². The van der Waals surface area contributed by atoms with E-state index in [1.54, 1.807) is 24.3 Å². The summed E-state index contributed by atoms with van der Waals surface area (Å²) in [5.41, 5.74) is 0.625. The molecular weight excluding hydrogens is 302 g/mol. The number of ether oxygens (including phenoxy) is 1. The van der Waals surface area contributed by atoms with Crippen molar-refractivity contribution in [2.45, 2.75) is 0 Å². The molecule has 0 spiro atoms. The zero-order valence-corrected chi connectivity index (χ0v) is 12.0. The van der Waals surface area contributed by atoms with E-state index < -0.39 is 10.9 Å². The minimum Gasteiger partial charge on any atom is -0.497 e. The van der Waals surface area contributed by atoms with Crippen molar-refractivity contribution in [1.82, 2.24) is 9.78 Å². The molecule has 3 rings (SSSR count). The Kier molecular flexibility index (Phi) is 3.41. The van der Waals surface area contributed by atoms with Crippen LogP contribution in [0.2, 0.25) is 0 Å². The van der Waals surface area contributed by atoms with Crippen LogP contribution < -0.4 is 4.74 Å². The number of non-ortho nitro benzene ring substituents is 1. The molecule has 116 valence electrons. The molecule has 0 aliphatic carbocycles. The SMILES string of the molecule is COc1ccc(-n2nc(C(=O)O)c3ccc([N+](=O)[O-])cc32)cc1. The number of benzene rings is 2. The molecule has 1 heterocycles. The molecule has 1 aromatic heterocycles. The third-order valence-corrected chi connectivity index (χ3v) is 3.40. The molecule has 0 fully saturated rings. The van der Waals surface area contributed by atoms with Crippen LogP contribution >= 0.6 is 0 Å². The van der Waals surface area contributed by atoms with Gasteiger partial charge in [-0.15, -0.1) is 0 Å². The topological polar surface area (TPSA) is 107 Å². The molecule has 0 unspecified atom stereocenters. The Balaban J connectivity index is 2.27. The summed E-state index contributed by atoms with van der Waals surface area (Å²) < 4.78 is 6.44. The van der Waals surface area contributed by atoms with Crippen LogP contribution in [0.15, 0.2) is 42.5 Å². The number of carboxylic acid groups (broad SMARTS) is 1. The van der Waals surface area contributed by atoms with E-state index in [2.05, 4.69) is 5.10 Å². The highest BCUT2D eigenvalue weighted by Crippen LogP contribution is 2.27. The summed E-state index contributed by atoms with van der Waals surface area (Å²) in [4.78, 5) is 21.8. The first-order valence-corrected chi connectivity index (χ1v) is 6.56. The van der Waals surface area contributed by atoms with E-state index >= 15 is 0 Å². The van der Waals surface area contributed by atoms with E-state index in [0.29, 0.717) is 22.3 Å². The summed E-state index contributed by atoms with van der Waals surface area (Å²) in [7, 11) is 1.53. The van der Waals surface area contributed by atoms with Crippen molar-refractivity contribution in [3.05, 3.63) is 58.3 Å². The van der Waals surface area contributed by atoms with E-state index in [4.69, 9.17) is 4.74 Å². The summed E-state index contributed by atoms with van der Waals surface area (Å²) in [5.74, 6) is -0.564. The fraction of sp³-hybridized carbons (Fsp3) is 0.0667. The Bertz CT molecular complexity index is 915. The number of carbonyl (C=O) groups is 1. The number of aromatic nitrogens is 2. The summed E-state index contributed by atoms with van der Waals surface area (Å²) in [6.45, 7) is 0. The summed E-state index contributed by atoms with van der Waals surface area (Å²) in [6, 6.07) is 10.7. The normalized spacial score (nSPS) is 10.7. The van der Waals surface area contributed by atoms with Gasteiger partial charge in [-0.05, 0) is 30.3 Å². The monoisotopic (exact) mass is 313 g/mol. The highest BCUT2D eigenvalue weighted by molar-refractivity contribution is 6.02. The number of hydrogen-bond donors (Lipinski definition) is 1. The maximum Gasteiger partial charge on any atom is 0.357 e. The highest BCUT2D eigenvalue weighted by Gasteiger charge is 2.19. The van der Waals surface area contributed by atoms with Gasteiger partial charge in [0.1, 0.15) is 5.75 Å². The van der Waals surface area contributed by atoms with Gasteiger partial charge in [-0.3, -0.25) is 10.1 Å². The van der Waals surface area contributed by atoms with Gasteiger partial charge in [0.2, 0.25) is 0 Å². The lowest BCUT2D eigenvalue weighted by molar-refractivity contribution is -0.384. The van der Waals surface area contributed by atoms with E-state index in [9.17, 15) is 20.0 Å². The Morgan fingerprint density at radius 3 is 2.52 bits per heavy atom. The lowest BCUT2D eigenvalue weighted by Crippen LogP contribution is -2.01. The van der Waals surface area contributed by atoms with Crippen molar-refractivity contribution in [3.63, 3.8) is 0 Å². The van der Waals surface area contributed by atoms with Gasteiger partial charge >= 0.3 is 5.97 Å². The van der Waals surface area contributed by atoms with Crippen LogP contribution in [0.5, 0.6) is 5.75 Å². The maximum atomic E-state index is 11.3. The fourth-order valence-corrected chi connectivity index (χ4v) is 2.30. The van der Waals surface area contributed by atoms with Gasteiger partial charge < -0.3 is 9.84 Å². The number of rotatable bonds is 4. The molecule has 2 aromatic carbocycles. The molecule has 0 bridgehead atoms. The Hall–Kier alpha value is -3.42. The number of nitro benzene ring substituents is 1. The average Bonchev–Trinajstić information content (AvgIpc) is 2.94. The smallest absolute Gasteiger partial charge is 0.357 e. The van der Waals surface area contributed by atoms with Crippen molar-refractivity contribution < 1.29 is 19.6 Å². The Morgan fingerprint density at radius 1 is 1.26 bits per heavy atom. The standard InChI is InChI=1S/C15H11N3O5/c1-23-11-5-2-9(3-6-11)17-13-8-10(18(21)22)4-7-12(13)14(16-17)15(19)20/h2-8H,1H3,(H,19,20). The first-order chi connectivity index (χ1) is 11.0. The molecule has 8 nitrogen and oxygen atoms in total. The van der Waals surface area contributed by atoms with Crippen LogP contribution in [-0.2, 0) is 0 Å². The molecule has 3 aromatic rings. The molecule has 23 heavy (non-hydrogen) atoms. The quantitative estimate of drug-likeness (QED) is 0.586. The van der Waals surface area contributed by atoms with Crippen molar-refractivity contribution in [2.24, 2.45) is 0 Å². The van der Waals surface area contributed by atoms with Gasteiger partial charge in [0.25, 0.3) is 5.69 Å². The number of methoxy groups -OCH3 is 1. The molecule has 0 amide bonds. The summed E-state index contributed by atoms with van der Waals surface area (Å²) in [6.07, 6.45) is 0. The van der Waals surface area contributed by atoms with Crippen LogP contribution in [0.4, 0.5) is 5.69 Å². The molecule has 0 atom stereocenters. The molecule has 0 radical (unpaired) electrons. The predicted octanol–water partition coefficient (Wildman–Crippen LogP) is 2.64. The Labute approximate surface area is 129 Å². The van der Waals surface area contributed by atoms with Crippen LogP contribution in [0, 0.1) is 10.1 Å². The first-order valence-electron chi connectivity index (χ1n) is 6.56. The third-order valence-electron chi connectivity index (χ3n) is 3.40. The molecule has 0 saturated heterocycles. The van der Waals surface area contributed by atoms with Crippen molar-refractivity contribution in [1.29, 1.82) is 0 Å². The summed E-state index contributed by atoms with van der Waals surface area (Å²) in [5, 5.41) is 24.6. The number of nitro groups is 1. The summed E-state index contributed by atoms with van der Waals surface area (Å²) >= 11 is 0. The number of aromatic carboxylic acids is 1. The highest BCUT2D eigenvalue weighted by atomic mass is 16.6. The fourth-order valence-electron chi connectivity index (χ4n) is 2.30. The number of carboxylic acids is 1. The van der Waals surface area contributed by atoms with Crippen LogP contribution in [0.25, 0.3) is 16.6 Å². The zero-order valence-electron chi connectivity index (χ0n) is 12.0. The number of hydrogen-bond acceptors (Lipinski definition) is 5. The maximum absolute atomic E-state index is 11.3. The van der Waals surface area contributed by atoms with E-state index in [1.807, 2.05) is 0 Å². The predicted molar refractivity (Wildman–Crippen MR) is 81.2 cm³/mol. The molecule has 0 aliphatic rings. The second kappa shape index (κ2) is 5.41. The van der Waals surface area contributed by atoms with Gasteiger partial charge in [0, 0.05) is 17.5 Å². The molecular formula is C15H11N3O5. The van der Waals surface area contributed by atoms with Crippen LogP contribution in [-0.4, -0.2) is 32.9 Å². The van der Waals surface area contributed by atoms with E-state index in [-0.39, 0.29) is 11.4 Å². The zero-order chi connectivity index (χ0) is 16.6.